The van der Waals surface area contributed by atoms with Crippen molar-refractivity contribution in [3.63, 3.8) is 0 Å². The van der Waals surface area contributed by atoms with Gasteiger partial charge in [-0.25, -0.2) is 14.4 Å². The van der Waals surface area contributed by atoms with Gasteiger partial charge in [0.1, 0.15) is 23.7 Å². The lowest BCUT2D eigenvalue weighted by molar-refractivity contribution is -0.159. The van der Waals surface area contributed by atoms with Gasteiger partial charge in [-0.05, 0) is 65.2 Å². The van der Waals surface area contributed by atoms with Crippen LogP contribution in [0.1, 0.15) is 95.4 Å². The summed E-state index contributed by atoms with van der Waals surface area (Å²) in [7, 11) is 0. The number of nitrogens with one attached hydrogen (secondary N) is 6. The highest BCUT2D eigenvalue weighted by Crippen LogP contribution is 2.20. The van der Waals surface area contributed by atoms with Crippen LogP contribution in [-0.4, -0.2) is 128 Å². The van der Waals surface area contributed by atoms with Gasteiger partial charge < -0.3 is 51.0 Å². The molecule has 5 atom stereocenters. The van der Waals surface area contributed by atoms with Gasteiger partial charge in [0, 0.05) is 13.1 Å². The Morgan fingerprint density at radius 1 is 0.702 bits per heavy atom. The van der Waals surface area contributed by atoms with Crippen LogP contribution in [0.2, 0.25) is 0 Å². The summed E-state index contributed by atoms with van der Waals surface area (Å²) in [5, 5.41) is 15.1. The zero-order valence-corrected chi connectivity index (χ0v) is 35.3. The number of hydrogen-bond donors (Lipinski definition) is 6. The lowest BCUT2D eigenvalue weighted by Gasteiger charge is -2.27. The van der Waals surface area contributed by atoms with Gasteiger partial charge in [0.25, 0.3) is 0 Å². The molecule has 19 nitrogen and oxygen atoms in total. The van der Waals surface area contributed by atoms with Crippen LogP contribution in [0, 0.1) is 23.7 Å². The minimum atomic E-state index is -1.74. The molecule has 57 heavy (non-hydrogen) atoms. The Morgan fingerprint density at radius 3 is 1.70 bits per heavy atom. The van der Waals surface area contributed by atoms with Gasteiger partial charge in [-0.1, -0.05) is 48.0 Å². The molecule has 7 amide bonds. The molecule has 324 valence electrons. The number of rotatable bonds is 21. The van der Waals surface area contributed by atoms with Crippen molar-refractivity contribution < 1.29 is 57.4 Å². The molecule has 0 saturated carbocycles. The molecule has 1 saturated heterocycles. The number of nitrogens with zero attached hydrogens (tertiary/aromatic N) is 1. The molecule has 1 fully saturated rings. The fourth-order valence-electron chi connectivity index (χ4n) is 5.61. The molecule has 1 aliphatic rings. The van der Waals surface area contributed by atoms with Crippen molar-refractivity contribution >= 4 is 53.5 Å². The normalized spacial score (nSPS) is 16.1. The van der Waals surface area contributed by atoms with E-state index in [0.29, 0.717) is 19.4 Å². The van der Waals surface area contributed by atoms with Crippen LogP contribution in [0.3, 0.4) is 0 Å². The molecule has 0 spiro atoms. The van der Waals surface area contributed by atoms with Crippen LogP contribution in [0.25, 0.3) is 0 Å². The van der Waals surface area contributed by atoms with Crippen molar-refractivity contribution in [1.29, 1.82) is 0 Å². The van der Waals surface area contributed by atoms with E-state index in [1.165, 1.54) is 18.7 Å². The van der Waals surface area contributed by atoms with Crippen molar-refractivity contribution in [2.45, 2.75) is 125 Å². The third kappa shape index (κ3) is 17.8. The molecule has 19 heteroatoms. The second-order valence-electron chi connectivity index (χ2n) is 15.7. The zero-order valence-electron chi connectivity index (χ0n) is 35.3. The van der Waals surface area contributed by atoms with E-state index >= 15 is 0 Å². The van der Waals surface area contributed by atoms with E-state index in [9.17, 15) is 43.2 Å². The molecule has 5 unspecified atom stereocenters. The van der Waals surface area contributed by atoms with Gasteiger partial charge in [-0.2, -0.15) is 0 Å². The quantitative estimate of drug-likeness (QED) is 0.0520. The fourth-order valence-corrected chi connectivity index (χ4v) is 5.61. The number of carbonyl (C=O) groups is 9. The summed E-state index contributed by atoms with van der Waals surface area (Å²) in [6.07, 6.45) is 0.494. The summed E-state index contributed by atoms with van der Waals surface area (Å²) >= 11 is 0. The van der Waals surface area contributed by atoms with Gasteiger partial charge in [-0.3, -0.25) is 28.8 Å². The number of hydrogen-bond acceptors (Lipinski definition) is 12. The van der Waals surface area contributed by atoms with E-state index in [4.69, 9.17) is 14.2 Å². The Balaban J connectivity index is 2.90. The first-order valence-corrected chi connectivity index (χ1v) is 19.6. The monoisotopic (exact) mass is 811 g/mol. The van der Waals surface area contributed by atoms with E-state index in [1.54, 1.807) is 48.5 Å². The number of esters is 2. The Hall–Kier alpha value is -4.97. The maximum atomic E-state index is 13.6. The minimum absolute atomic E-state index is 0.0524. The molecule has 1 aliphatic heterocycles. The molecule has 1 rings (SSSR count). The first-order valence-electron chi connectivity index (χ1n) is 19.6. The lowest BCUT2D eigenvalue weighted by Crippen LogP contribution is -2.58. The Kier molecular flexibility index (Phi) is 21.0. The number of likely N-dealkylation sites (tertiary alicyclic amines) is 1. The summed E-state index contributed by atoms with van der Waals surface area (Å²) in [5.41, 5.74) is -0.689. The minimum Gasteiger partial charge on any atom is -0.464 e. The maximum Gasteiger partial charge on any atom is 0.410 e. The highest BCUT2D eigenvalue weighted by atomic mass is 16.6. The molecule has 6 N–H and O–H groups in total. The van der Waals surface area contributed by atoms with Gasteiger partial charge in [0.15, 0.2) is 0 Å². The van der Waals surface area contributed by atoms with Gasteiger partial charge in [0.2, 0.25) is 41.5 Å². The van der Waals surface area contributed by atoms with E-state index < -0.39 is 108 Å². The smallest absolute Gasteiger partial charge is 0.410 e. The van der Waals surface area contributed by atoms with Crippen LogP contribution >= 0.6 is 0 Å². The number of amides is 7. The van der Waals surface area contributed by atoms with E-state index in [2.05, 4.69) is 31.9 Å². The highest BCUT2D eigenvalue weighted by Gasteiger charge is 2.37. The van der Waals surface area contributed by atoms with E-state index in [1.807, 2.05) is 13.8 Å². The van der Waals surface area contributed by atoms with E-state index in [0.717, 1.165) is 0 Å². The van der Waals surface area contributed by atoms with Crippen molar-refractivity contribution in [1.82, 2.24) is 36.8 Å². The first-order chi connectivity index (χ1) is 26.5. The SMILES string of the molecule is CCOC(=O)C(NC(=O)CNC(=O)C(NC(=O)C(CC(C)C)NC(=O)CNC(=O)C(NC(=O)C1CCN(C(=O)OC(C)(C)C)C1)C(C)C)C(C)CC)C(=O)OCC. The molecule has 0 radical (unpaired) electrons. The van der Waals surface area contributed by atoms with E-state index in [-0.39, 0.29) is 38.0 Å². The Morgan fingerprint density at radius 2 is 1.23 bits per heavy atom. The highest BCUT2D eigenvalue weighted by molar-refractivity contribution is 6.03. The molecule has 0 aromatic heterocycles. The molecule has 0 aromatic rings. The lowest BCUT2D eigenvalue weighted by atomic mass is 9.96. The van der Waals surface area contributed by atoms with Crippen molar-refractivity contribution in [2.24, 2.45) is 23.7 Å². The molecule has 0 bridgehead atoms. The maximum absolute atomic E-state index is 13.6. The second kappa shape index (κ2) is 23.9. The standard InChI is InChI=1S/C38H65N7O12/c1-12-23(8)29(34(51)40-19-27(47)42-30(35(52)55-13-2)36(53)56-14-3)44-32(49)25(17-21(4)5)41-26(46)18-39-33(50)28(22(6)7)43-31(48)24-15-16-45(20-24)37(54)57-38(9,10)11/h21-25,28-30H,12-20H2,1-11H3,(H,39,50)(H,40,51)(H,41,46)(H,42,47)(H,43,48)(H,44,49). The summed E-state index contributed by atoms with van der Waals surface area (Å²) in [6.45, 7) is 18.1. The summed E-state index contributed by atoms with van der Waals surface area (Å²) in [5.74, 6) is -7.49. The molecule has 0 aliphatic carbocycles. The molecular weight excluding hydrogens is 746 g/mol. The molecule has 1 heterocycles. The average molecular weight is 812 g/mol. The first kappa shape index (κ1) is 50.0. The van der Waals surface area contributed by atoms with Crippen LogP contribution in [0.5, 0.6) is 0 Å². The average Bonchev–Trinajstić information content (AvgIpc) is 3.62. The molecule has 0 aromatic carbocycles. The van der Waals surface area contributed by atoms with Crippen LogP contribution < -0.4 is 31.9 Å². The number of carbonyl (C=O) groups excluding carboxylic acids is 9. The van der Waals surface area contributed by atoms with Crippen LogP contribution in [0.4, 0.5) is 4.79 Å². The summed E-state index contributed by atoms with van der Waals surface area (Å²) in [6, 6.07) is -4.98. The summed E-state index contributed by atoms with van der Waals surface area (Å²) < 4.78 is 15.1. The Labute approximate surface area is 335 Å². The van der Waals surface area contributed by atoms with Gasteiger partial charge >= 0.3 is 18.0 Å². The van der Waals surface area contributed by atoms with Crippen molar-refractivity contribution in [3.05, 3.63) is 0 Å². The second-order valence-corrected chi connectivity index (χ2v) is 15.7. The van der Waals surface area contributed by atoms with Gasteiger partial charge in [-0.15, -0.1) is 0 Å². The van der Waals surface area contributed by atoms with Crippen LogP contribution in [0.15, 0.2) is 0 Å². The predicted octanol–water partition coefficient (Wildman–Crippen LogP) is 0.289. The zero-order chi connectivity index (χ0) is 43.6. The fraction of sp³-hybridized carbons (Fsp3) is 0.763. The third-order valence-electron chi connectivity index (χ3n) is 8.81. The Bertz CT molecular complexity index is 1410. The third-order valence-corrected chi connectivity index (χ3v) is 8.81. The largest absolute Gasteiger partial charge is 0.464 e. The number of ether oxygens (including phenoxy) is 3. The van der Waals surface area contributed by atoms with Crippen molar-refractivity contribution in [2.75, 3.05) is 39.4 Å². The predicted molar refractivity (Wildman–Crippen MR) is 207 cm³/mol. The van der Waals surface area contributed by atoms with Crippen LogP contribution in [-0.2, 0) is 52.6 Å². The topological polar surface area (TPSA) is 257 Å². The van der Waals surface area contributed by atoms with Crippen molar-refractivity contribution in [3.8, 4) is 0 Å². The summed E-state index contributed by atoms with van der Waals surface area (Å²) in [4.78, 5) is 117. The van der Waals surface area contributed by atoms with Gasteiger partial charge in [0.05, 0.1) is 32.2 Å². The molecular formula is C38H65N7O12.